The summed E-state index contributed by atoms with van der Waals surface area (Å²) >= 11 is 0. The quantitative estimate of drug-likeness (QED) is 0.573. The maximum atomic E-state index is 11.4. The number of rotatable bonds is 6. The van der Waals surface area contributed by atoms with E-state index in [0.29, 0.717) is 6.54 Å². The number of aliphatic carboxylic acids is 1. The fraction of sp³-hybridized carbons (Fsp3) is 0.800. The molecule has 0 aromatic carbocycles. The molecule has 1 aliphatic rings. The number of carbonyl (C=O) groups excluding carboxylic acids is 1. The second-order valence-electron chi connectivity index (χ2n) is 3.97. The number of hydrogen-bond acceptors (Lipinski definition) is 3. The number of carboxylic acids is 1. The van der Waals surface area contributed by atoms with Gasteiger partial charge in [-0.1, -0.05) is 13.3 Å². The van der Waals surface area contributed by atoms with Crippen molar-refractivity contribution in [2.24, 2.45) is 11.8 Å². The zero-order chi connectivity index (χ0) is 11.3. The zero-order valence-corrected chi connectivity index (χ0v) is 8.95. The van der Waals surface area contributed by atoms with Gasteiger partial charge in [0.25, 0.3) is 0 Å². The number of hydrogen-bond donors (Lipinski definition) is 3. The summed E-state index contributed by atoms with van der Waals surface area (Å²) in [5.41, 5.74) is 0. The topological polar surface area (TPSA) is 78.4 Å². The fourth-order valence-corrected chi connectivity index (χ4v) is 1.47. The van der Waals surface area contributed by atoms with Gasteiger partial charge in [0.15, 0.2) is 0 Å². The molecule has 1 rings (SSSR count). The van der Waals surface area contributed by atoms with Crippen LogP contribution in [0.4, 0.5) is 0 Å². The van der Waals surface area contributed by atoms with Crippen LogP contribution >= 0.6 is 0 Å². The first kappa shape index (κ1) is 12.0. The highest BCUT2D eigenvalue weighted by Gasteiger charge is 2.25. The summed E-state index contributed by atoms with van der Waals surface area (Å²) in [7, 11) is 0. The van der Waals surface area contributed by atoms with Crippen molar-refractivity contribution in [3.63, 3.8) is 0 Å². The van der Waals surface area contributed by atoms with Crippen molar-refractivity contribution in [3.8, 4) is 0 Å². The van der Waals surface area contributed by atoms with Crippen molar-refractivity contribution in [2.75, 3.05) is 19.6 Å². The molecular formula is C10H18N2O3. The Bertz CT molecular complexity index is 239. The minimum Gasteiger partial charge on any atom is -0.481 e. The molecule has 0 radical (unpaired) electrons. The average molecular weight is 214 g/mol. The van der Waals surface area contributed by atoms with Crippen molar-refractivity contribution in [3.05, 3.63) is 0 Å². The lowest BCUT2D eigenvalue weighted by molar-refractivity contribution is -0.138. The maximum Gasteiger partial charge on any atom is 0.303 e. The Balaban J connectivity index is 2.20. The Kier molecular flexibility index (Phi) is 4.55. The first-order chi connectivity index (χ1) is 7.13. The second-order valence-corrected chi connectivity index (χ2v) is 3.97. The van der Waals surface area contributed by atoms with Gasteiger partial charge in [-0.25, -0.2) is 0 Å². The normalized spacial score (nSPS) is 17.9. The molecule has 0 aromatic heterocycles. The van der Waals surface area contributed by atoms with Crippen LogP contribution in [0.15, 0.2) is 0 Å². The van der Waals surface area contributed by atoms with Crippen LogP contribution in [0.3, 0.4) is 0 Å². The Morgan fingerprint density at radius 3 is 2.60 bits per heavy atom. The van der Waals surface area contributed by atoms with Crippen LogP contribution in [0, 0.1) is 11.8 Å². The van der Waals surface area contributed by atoms with Crippen LogP contribution in [0.1, 0.15) is 19.8 Å². The Labute approximate surface area is 89.2 Å². The van der Waals surface area contributed by atoms with Crippen molar-refractivity contribution in [1.82, 2.24) is 10.6 Å². The third-order valence-corrected chi connectivity index (χ3v) is 2.76. The van der Waals surface area contributed by atoms with Crippen molar-refractivity contribution < 1.29 is 14.7 Å². The van der Waals surface area contributed by atoms with Crippen LogP contribution in [-0.4, -0.2) is 36.6 Å². The van der Waals surface area contributed by atoms with Crippen molar-refractivity contribution >= 4 is 11.9 Å². The standard InChI is InChI=1S/C10H18N2O3/c1-2-7(3-9(13)14)4-12-10(15)8-5-11-6-8/h7-8,11H,2-6H2,1H3,(H,12,15)(H,13,14). The fourth-order valence-electron chi connectivity index (χ4n) is 1.47. The summed E-state index contributed by atoms with van der Waals surface area (Å²) in [5, 5.41) is 14.4. The van der Waals surface area contributed by atoms with Gasteiger partial charge in [0.1, 0.15) is 0 Å². The van der Waals surface area contributed by atoms with E-state index in [1.54, 1.807) is 0 Å². The number of nitrogens with one attached hydrogen (secondary N) is 2. The molecule has 86 valence electrons. The summed E-state index contributed by atoms with van der Waals surface area (Å²) in [6.07, 6.45) is 0.898. The monoisotopic (exact) mass is 214 g/mol. The molecule has 5 heteroatoms. The highest BCUT2D eigenvalue weighted by atomic mass is 16.4. The number of carbonyl (C=O) groups is 2. The molecule has 1 aliphatic heterocycles. The molecule has 0 aliphatic carbocycles. The Morgan fingerprint density at radius 1 is 1.53 bits per heavy atom. The van der Waals surface area contributed by atoms with E-state index in [4.69, 9.17) is 5.11 Å². The lowest BCUT2D eigenvalue weighted by Crippen LogP contribution is -2.51. The number of carboxylic acid groups (broad SMARTS) is 1. The highest BCUT2D eigenvalue weighted by Crippen LogP contribution is 2.08. The molecule has 1 fully saturated rings. The van der Waals surface area contributed by atoms with E-state index in [2.05, 4.69) is 10.6 Å². The molecule has 1 saturated heterocycles. The van der Waals surface area contributed by atoms with E-state index in [1.807, 2.05) is 6.92 Å². The summed E-state index contributed by atoms with van der Waals surface area (Å²) in [5.74, 6) is -0.647. The molecule has 3 N–H and O–H groups in total. The summed E-state index contributed by atoms with van der Waals surface area (Å²) < 4.78 is 0. The van der Waals surface area contributed by atoms with Gasteiger partial charge in [0, 0.05) is 26.1 Å². The molecule has 0 bridgehead atoms. The van der Waals surface area contributed by atoms with Gasteiger partial charge < -0.3 is 15.7 Å². The van der Waals surface area contributed by atoms with Crippen LogP contribution in [0.25, 0.3) is 0 Å². The van der Waals surface area contributed by atoms with Crippen molar-refractivity contribution in [1.29, 1.82) is 0 Å². The van der Waals surface area contributed by atoms with E-state index >= 15 is 0 Å². The minimum absolute atomic E-state index is 0.0394. The molecule has 15 heavy (non-hydrogen) atoms. The van der Waals surface area contributed by atoms with E-state index in [0.717, 1.165) is 19.5 Å². The van der Waals surface area contributed by atoms with Gasteiger partial charge in [-0.3, -0.25) is 9.59 Å². The van der Waals surface area contributed by atoms with Crippen LogP contribution < -0.4 is 10.6 Å². The third kappa shape index (κ3) is 3.87. The van der Waals surface area contributed by atoms with Gasteiger partial charge >= 0.3 is 5.97 Å². The molecule has 1 unspecified atom stereocenters. The third-order valence-electron chi connectivity index (χ3n) is 2.76. The van der Waals surface area contributed by atoms with Gasteiger partial charge in [-0.15, -0.1) is 0 Å². The average Bonchev–Trinajstić information content (AvgIpc) is 2.08. The molecule has 1 atom stereocenters. The summed E-state index contributed by atoms with van der Waals surface area (Å²) in [6, 6.07) is 0. The molecule has 0 spiro atoms. The summed E-state index contributed by atoms with van der Waals surface area (Å²) in [6.45, 7) is 3.88. The predicted octanol–water partition coefficient (Wildman–Crippen LogP) is -0.177. The Hall–Kier alpha value is -1.10. The molecule has 0 aromatic rings. The zero-order valence-electron chi connectivity index (χ0n) is 8.95. The summed E-state index contributed by atoms with van der Waals surface area (Å²) in [4.78, 5) is 21.9. The molecular weight excluding hydrogens is 196 g/mol. The molecule has 0 saturated carbocycles. The lowest BCUT2D eigenvalue weighted by Gasteiger charge is -2.26. The van der Waals surface area contributed by atoms with Crippen molar-refractivity contribution in [2.45, 2.75) is 19.8 Å². The maximum absolute atomic E-state index is 11.4. The largest absolute Gasteiger partial charge is 0.481 e. The van der Waals surface area contributed by atoms with E-state index in [9.17, 15) is 9.59 Å². The second kappa shape index (κ2) is 5.70. The molecule has 1 amide bonds. The van der Waals surface area contributed by atoms with Gasteiger partial charge in [-0.05, 0) is 5.92 Å². The smallest absolute Gasteiger partial charge is 0.303 e. The van der Waals surface area contributed by atoms with Crippen LogP contribution in [0.2, 0.25) is 0 Å². The highest BCUT2D eigenvalue weighted by molar-refractivity contribution is 5.80. The predicted molar refractivity (Wildman–Crippen MR) is 55.4 cm³/mol. The van der Waals surface area contributed by atoms with Gasteiger partial charge in [0.2, 0.25) is 5.91 Å². The van der Waals surface area contributed by atoms with E-state index in [1.165, 1.54) is 0 Å². The van der Waals surface area contributed by atoms with E-state index in [-0.39, 0.29) is 24.2 Å². The van der Waals surface area contributed by atoms with Gasteiger partial charge in [-0.2, -0.15) is 0 Å². The molecule has 5 nitrogen and oxygen atoms in total. The SMILES string of the molecule is CCC(CNC(=O)C1CNC1)CC(=O)O. The molecule has 1 heterocycles. The first-order valence-electron chi connectivity index (χ1n) is 5.33. The lowest BCUT2D eigenvalue weighted by atomic mass is 10.00. The number of amides is 1. The van der Waals surface area contributed by atoms with Crippen LogP contribution in [0.5, 0.6) is 0 Å². The first-order valence-corrected chi connectivity index (χ1v) is 5.33. The Morgan fingerprint density at radius 2 is 2.20 bits per heavy atom. The minimum atomic E-state index is -0.804. The van der Waals surface area contributed by atoms with E-state index < -0.39 is 5.97 Å². The van der Waals surface area contributed by atoms with Gasteiger partial charge in [0.05, 0.1) is 5.92 Å². The van der Waals surface area contributed by atoms with Crippen LogP contribution in [-0.2, 0) is 9.59 Å².